The van der Waals surface area contributed by atoms with Gasteiger partial charge in [-0.2, -0.15) is 4.98 Å². The number of carbonyl (C=O) groups excluding carboxylic acids is 1. The Morgan fingerprint density at radius 1 is 1.06 bits per heavy atom. The number of carbonyl (C=O) groups is 1. The molecule has 2 N–H and O–H groups in total. The van der Waals surface area contributed by atoms with E-state index >= 15 is 0 Å². The molecule has 0 spiro atoms. The van der Waals surface area contributed by atoms with Gasteiger partial charge in [-0.3, -0.25) is 4.79 Å². The standard InChI is InChI=1S/C25H24N6O2/c1-30(2)14-13-26-24(32)17-6-9-20(10-7-17)27-25-28-23-5-3-4-21(31(23)29-25)18-8-11-22-19(16-18)12-15-33-22/h3-12,15-16H,13-14H2,1-2H3,(H,26,32)(H,27,29). The summed E-state index contributed by atoms with van der Waals surface area (Å²) < 4.78 is 7.26. The summed E-state index contributed by atoms with van der Waals surface area (Å²) in [5.74, 6) is 0.392. The van der Waals surface area contributed by atoms with Gasteiger partial charge in [0.2, 0.25) is 5.95 Å². The van der Waals surface area contributed by atoms with Gasteiger partial charge in [-0.15, -0.1) is 5.10 Å². The summed E-state index contributed by atoms with van der Waals surface area (Å²) in [7, 11) is 3.95. The number of hydrogen-bond acceptors (Lipinski definition) is 6. The van der Waals surface area contributed by atoms with Gasteiger partial charge in [-0.05, 0) is 74.8 Å². The molecule has 166 valence electrons. The third-order valence-corrected chi connectivity index (χ3v) is 5.36. The first kappa shape index (κ1) is 20.7. The SMILES string of the molecule is CN(C)CCNC(=O)c1ccc(Nc2nc3cccc(-c4ccc5occc5c4)n3n2)cc1. The van der Waals surface area contributed by atoms with Gasteiger partial charge in [0.1, 0.15) is 5.58 Å². The van der Waals surface area contributed by atoms with Crippen molar-refractivity contribution in [2.24, 2.45) is 0 Å². The maximum Gasteiger partial charge on any atom is 0.251 e. The van der Waals surface area contributed by atoms with Crippen molar-refractivity contribution in [3.05, 3.63) is 78.6 Å². The first-order valence-electron chi connectivity index (χ1n) is 10.7. The Balaban J connectivity index is 1.34. The lowest BCUT2D eigenvalue weighted by Gasteiger charge is -2.10. The number of aromatic nitrogens is 3. The zero-order valence-corrected chi connectivity index (χ0v) is 18.4. The summed E-state index contributed by atoms with van der Waals surface area (Å²) in [4.78, 5) is 18.9. The van der Waals surface area contributed by atoms with Crippen LogP contribution in [-0.2, 0) is 0 Å². The minimum Gasteiger partial charge on any atom is -0.464 e. The lowest BCUT2D eigenvalue weighted by atomic mass is 10.1. The maximum absolute atomic E-state index is 12.3. The van der Waals surface area contributed by atoms with Gasteiger partial charge in [-0.25, -0.2) is 4.52 Å². The van der Waals surface area contributed by atoms with Crippen LogP contribution >= 0.6 is 0 Å². The van der Waals surface area contributed by atoms with Crippen LogP contribution in [0.4, 0.5) is 11.6 Å². The highest BCUT2D eigenvalue weighted by Gasteiger charge is 2.11. The first-order valence-corrected chi connectivity index (χ1v) is 10.7. The van der Waals surface area contributed by atoms with E-state index in [0.717, 1.165) is 40.1 Å². The second-order valence-corrected chi connectivity index (χ2v) is 8.05. The fourth-order valence-corrected chi connectivity index (χ4v) is 3.63. The molecule has 0 aliphatic rings. The quantitative estimate of drug-likeness (QED) is 0.395. The summed E-state index contributed by atoms with van der Waals surface area (Å²) in [6, 6.07) is 21.1. The highest BCUT2D eigenvalue weighted by Crippen LogP contribution is 2.26. The molecule has 0 unspecified atom stereocenters. The third-order valence-electron chi connectivity index (χ3n) is 5.36. The number of nitrogens with zero attached hydrogens (tertiary/aromatic N) is 4. The monoisotopic (exact) mass is 440 g/mol. The number of hydrogen-bond donors (Lipinski definition) is 2. The van der Waals surface area contributed by atoms with Crippen molar-refractivity contribution in [1.82, 2.24) is 24.8 Å². The number of furan rings is 1. The van der Waals surface area contributed by atoms with Crippen LogP contribution in [0.3, 0.4) is 0 Å². The number of benzene rings is 2. The number of amides is 1. The lowest BCUT2D eigenvalue weighted by Crippen LogP contribution is -2.31. The van der Waals surface area contributed by atoms with E-state index in [1.807, 2.05) is 72.0 Å². The molecule has 3 aromatic heterocycles. The Bertz CT molecular complexity index is 1420. The highest BCUT2D eigenvalue weighted by atomic mass is 16.3. The van der Waals surface area contributed by atoms with E-state index in [1.54, 1.807) is 18.4 Å². The predicted molar refractivity (Wildman–Crippen MR) is 129 cm³/mol. The Labute approximate surface area is 190 Å². The molecule has 0 radical (unpaired) electrons. The maximum atomic E-state index is 12.3. The van der Waals surface area contributed by atoms with Crippen LogP contribution in [0.2, 0.25) is 0 Å². The van der Waals surface area contributed by atoms with Gasteiger partial charge in [0.05, 0.1) is 12.0 Å². The summed E-state index contributed by atoms with van der Waals surface area (Å²) in [6.45, 7) is 1.40. The molecule has 0 atom stereocenters. The molecular formula is C25H24N6O2. The molecule has 0 aliphatic heterocycles. The van der Waals surface area contributed by atoms with E-state index in [0.29, 0.717) is 18.1 Å². The van der Waals surface area contributed by atoms with Crippen LogP contribution in [0.25, 0.3) is 27.9 Å². The topological polar surface area (TPSA) is 87.7 Å². The highest BCUT2D eigenvalue weighted by molar-refractivity contribution is 5.94. The van der Waals surface area contributed by atoms with Crippen molar-refractivity contribution in [3.8, 4) is 11.3 Å². The molecule has 0 saturated carbocycles. The van der Waals surface area contributed by atoms with E-state index < -0.39 is 0 Å². The summed E-state index contributed by atoms with van der Waals surface area (Å²) in [5.41, 5.74) is 4.95. The van der Waals surface area contributed by atoms with Crippen LogP contribution in [0.15, 0.2) is 77.4 Å². The normalized spacial score (nSPS) is 11.4. The molecule has 3 heterocycles. The van der Waals surface area contributed by atoms with Gasteiger partial charge < -0.3 is 20.0 Å². The predicted octanol–water partition coefficient (Wildman–Crippen LogP) is 4.18. The second-order valence-electron chi connectivity index (χ2n) is 8.05. The summed E-state index contributed by atoms with van der Waals surface area (Å²) >= 11 is 0. The Morgan fingerprint density at radius 2 is 1.91 bits per heavy atom. The number of pyridine rings is 1. The van der Waals surface area contributed by atoms with Crippen molar-refractivity contribution in [2.75, 3.05) is 32.5 Å². The number of likely N-dealkylation sites (N-methyl/N-ethyl adjacent to an activating group) is 1. The van der Waals surface area contributed by atoms with Crippen LogP contribution in [-0.4, -0.2) is 52.6 Å². The second kappa shape index (κ2) is 8.76. The fourth-order valence-electron chi connectivity index (χ4n) is 3.63. The van der Waals surface area contributed by atoms with Gasteiger partial charge in [-0.1, -0.05) is 6.07 Å². The molecule has 2 aromatic carbocycles. The first-order chi connectivity index (χ1) is 16.1. The van der Waals surface area contributed by atoms with Crippen molar-refractivity contribution >= 4 is 34.2 Å². The molecule has 5 rings (SSSR count). The van der Waals surface area contributed by atoms with Crippen LogP contribution in [0.5, 0.6) is 0 Å². The van der Waals surface area contributed by atoms with Gasteiger partial charge in [0, 0.05) is 35.3 Å². The minimum atomic E-state index is -0.0894. The number of nitrogens with one attached hydrogen (secondary N) is 2. The summed E-state index contributed by atoms with van der Waals surface area (Å²) in [5, 5.41) is 11.8. The fraction of sp³-hybridized carbons (Fsp3) is 0.160. The largest absolute Gasteiger partial charge is 0.464 e. The van der Waals surface area contributed by atoms with E-state index in [2.05, 4.69) is 26.8 Å². The van der Waals surface area contributed by atoms with Crippen LogP contribution in [0, 0.1) is 0 Å². The van der Waals surface area contributed by atoms with E-state index in [1.165, 1.54) is 0 Å². The van der Waals surface area contributed by atoms with E-state index in [-0.39, 0.29) is 5.91 Å². The molecule has 0 aliphatic carbocycles. The Morgan fingerprint density at radius 3 is 2.73 bits per heavy atom. The zero-order chi connectivity index (χ0) is 22.8. The van der Waals surface area contributed by atoms with Crippen LogP contribution < -0.4 is 10.6 Å². The Kier molecular flexibility index (Phi) is 5.50. The molecule has 1 amide bonds. The number of anilines is 2. The molecule has 8 nitrogen and oxygen atoms in total. The summed E-state index contributed by atoms with van der Waals surface area (Å²) in [6.07, 6.45) is 1.69. The number of fused-ring (bicyclic) bond motifs is 2. The van der Waals surface area contributed by atoms with E-state index in [4.69, 9.17) is 4.42 Å². The lowest BCUT2D eigenvalue weighted by molar-refractivity contribution is 0.0951. The van der Waals surface area contributed by atoms with Gasteiger partial charge >= 0.3 is 0 Å². The molecule has 0 saturated heterocycles. The van der Waals surface area contributed by atoms with Crippen LogP contribution in [0.1, 0.15) is 10.4 Å². The van der Waals surface area contributed by atoms with Crippen molar-refractivity contribution in [2.45, 2.75) is 0 Å². The molecule has 0 fully saturated rings. The molecule has 33 heavy (non-hydrogen) atoms. The molecular weight excluding hydrogens is 416 g/mol. The Hall–Kier alpha value is -4.17. The minimum absolute atomic E-state index is 0.0894. The van der Waals surface area contributed by atoms with Crippen molar-refractivity contribution in [1.29, 1.82) is 0 Å². The smallest absolute Gasteiger partial charge is 0.251 e. The van der Waals surface area contributed by atoms with Crippen molar-refractivity contribution in [3.63, 3.8) is 0 Å². The zero-order valence-electron chi connectivity index (χ0n) is 18.4. The average molecular weight is 441 g/mol. The third kappa shape index (κ3) is 4.42. The van der Waals surface area contributed by atoms with E-state index in [9.17, 15) is 4.79 Å². The number of rotatable bonds is 7. The van der Waals surface area contributed by atoms with Crippen molar-refractivity contribution < 1.29 is 9.21 Å². The van der Waals surface area contributed by atoms with Gasteiger partial charge in [0.25, 0.3) is 5.91 Å². The molecule has 8 heteroatoms. The molecule has 5 aromatic rings. The van der Waals surface area contributed by atoms with Gasteiger partial charge in [0.15, 0.2) is 5.65 Å². The average Bonchev–Trinajstić information content (AvgIpc) is 3.44. The molecule has 0 bridgehead atoms.